The predicted molar refractivity (Wildman–Crippen MR) is 95.4 cm³/mol. The first kappa shape index (κ1) is 15.9. The second-order valence-electron chi connectivity index (χ2n) is 7.34. The molecule has 4 rings (SSSR count). The lowest BCUT2D eigenvalue weighted by Gasteiger charge is -2.38. The Labute approximate surface area is 144 Å². The van der Waals surface area contributed by atoms with Crippen LogP contribution < -0.4 is 4.90 Å². The second-order valence-corrected chi connectivity index (χ2v) is 7.34. The Balaban J connectivity index is 1.43. The topological polar surface area (TPSA) is 39.7 Å². The van der Waals surface area contributed by atoms with Crippen LogP contribution in [0, 0.1) is 0 Å². The Bertz CT molecular complexity index is 570. The molecule has 5 nitrogen and oxygen atoms in total. The molecule has 3 fully saturated rings. The molecule has 1 amide bonds. The summed E-state index contributed by atoms with van der Waals surface area (Å²) in [6.07, 6.45) is 9.64. The number of piperazine rings is 1. The van der Waals surface area contributed by atoms with Crippen LogP contribution in [0.25, 0.3) is 0 Å². The van der Waals surface area contributed by atoms with Gasteiger partial charge in [-0.2, -0.15) is 0 Å². The van der Waals surface area contributed by atoms with E-state index in [4.69, 9.17) is 0 Å². The normalized spacial score (nSPS) is 23.2. The van der Waals surface area contributed by atoms with Crippen LogP contribution in [-0.2, 0) is 0 Å². The molecule has 3 aliphatic rings. The third kappa shape index (κ3) is 3.14. The minimum atomic E-state index is 0.163. The first-order valence-corrected chi connectivity index (χ1v) is 9.56. The molecule has 130 valence electrons. The van der Waals surface area contributed by atoms with E-state index in [1.54, 1.807) is 0 Å². The molecule has 1 aromatic heterocycles. The van der Waals surface area contributed by atoms with Crippen molar-refractivity contribution in [2.45, 2.75) is 44.6 Å². The number of hydrogen-bond donors (Lipinski definition) is 0. The van der Waals surface area contributed by atoms with Crippen molar-refractivity contribution in [1.82, 2.24) is 14.8 Å². The van der Waals surface area contributed by atoms with Gasteiger partial charge in [0, 0.05) is 51.5 Å². The Morgan fingerprint density at radius 2 is 1.67 bits per heavy atom. The highest BCUT2D eigenvalue weighted by Gasteiger charge is 2.30. The van der Waals surface area contributed by atoms with Crippen LogP contribution in [0.5, 0.6) is 0 Å². The van der Waals surface area contributed by atoms with Crippen LogP contribution in [0.15, 0.2) is 18.3 Å². The van der Waals surface area contributed by atoms with Crippen LogP contribution in [-0.4, -0.2) is 66.0 Å². The van der Waals surface area contributed by atoms with Crippen LogP contribution in [0.4, 0.5) is 5.82 Å². The van der Waals surface area contributed by atoms with Crippen molar-refractivity contribution in [2.75, 3.05) is 44.2 Å². The summed E-state index contributed by atoms with van der Waals surface area (Å²) in [5.41, 5.74) is 0.786. The van der Waals surface area contributed by atoms with Crippen molar-refractivity contribution in [2.24, 2.45) is 0 Å². The van der Waals surface area contributed by atoms with E-state index in [0.29, 0.717) is 0 Å². The van der Waals surface area contributed by atoms with E-state index in [1.807, 2.05) is 23.2 Å². The molecule has 0 spiro atoms. The molecule has 24 heavy (non-hydrogen) atoms. The third-order valence-corrected chi connectivity index (χ3v) is 5.87. The molecule has 2 aliphatic heterocycles. The van der Waals surface area contributed by atoms with Gasteiger partial charge in [0.2, 0.25) is 0 Å². The smallest absolute Gasteiger partial charge is 0.257 e. The van der Waals surface area contributed by atoms with Gasteiger partial charge in [0.15, 0.2) is 0 Å². The number of carbonyl (C=O) groups is 1. The van der Waals surface area contributed by atoms with Gasteiger partial charge < -0.3 is 9.80 Å². The number of nitrogens with zero attached hydrogens (tertiary/aromatic N) is 4. The minimum absolute atomic E-state index is 0.163. The standard InChI is InChI=1S/C19H28N4O/c24-19(17-8-5-9-20-18(17)22-10-3-4-11-22)23-14-12-21(13-15-23)16-6-1-2-7-16/h5,8-9,16H,1-4,6-7,10-15H2. The van der Waals surface area contributed by atoms with Crippen molar-refractivity contribution in [3.8, 4) is 0 Å². The summed E-state index contributed by atoms with van der Waals surface area (Å²) < 4.78 is 0. The van der Waals surface area contributed by atoms with Gasteiger partial charge in [-0.05, 0) is 37.8 Å². The van der Waals surface area contributed by atoms with E-state index in [2.05, 4.69) is 14.8 Å². The molecule has 1 aliphatic carbocycles. The van der Waals surface area contributed by atoms with Gasteiger partial charge in [-0.1, -0.05) is 12.8 Å². The van der Waals surface area contributed by atoms with Gasteiger partial charge in [0.1, 0.15) is 5.82 Å². The fraction of sp³-hybridized carbons (Fsp3) is 0.684. The molecule has 0 atom stereocenters. The average molecular weight is 328 g/mol. The van der Waals surface area contributed by atoms with E-state index < -0.39 is 0 Å². The summed E-state index contributed by atoms with van der Waals surface area (Å²) in [5.74, 6) is 1.05. The molecule has 1 aromatic rings. The molecule has 0 aromatic carbocycles. The van der Waals surface area contributed by atoms with Gasteiger partial charge in [0.05, 0.1) is 5.56 Å². The van der Waals surface area contributed by atoms with Crippen molar-refractivity contribution in [3.05, 3.63) is 23.9 Å². The molecule has 0 radical (unpaired) electrons. The van der Waals surface area contributed by atoms with Gasteiger partial charge in [-0.15, -0.1) is 0 Å². The maximum Gasteiger partial charge on any atom is 0.257 e. The zero-order valence-electron chi connectivity index (χ0n) is 14.5. The maximum absolute atomic E-state index is 13.0. The van der Waals surface area contributed by atoms with Crippen LogP contribution in [0.2, 0.25) is 0 Å². The largest absolute Gasteiger partial charge is 0.356 e. The summed E-state index contributed by atoms with van der Waals surface area (Å²) >= 11 is 0. The Morgan fingerprint density at radius 1 is 0.958 bits per heavy atom. The SMILES string of the molecule is O=C(c1cccnc1N1CCCC1)N1CCN(C2CCCC2)CC1. The molecule has 0 unspecified atom stereocenters. The zero-order valence-corrected chi connectivity index (χ0v) is 14.5. The number of hydrogen-bond acceptors (Lipinski definition) is 4. The first-order chi connectivity index (χ1) is 11.8. The monoisotopic (exact) mass is 328 g/mol. The molecule has 2 saturated heterocycles. The highest BCUT2D eigenvalue weighted by molar-refractivity contribution is 5.99. The predicted octanol–water partition coefficient (Wildman–Crippen LogP) is 2.38. The van der Waals surface area contributed by atoms with Gasteiger partial charge in [-0.3, -0.25) is 9.69 Å². The van der Waals surface area contributed by atoms with Gasteiger partial charge >= 0.3 is 0 Å². The van der Waals surface area contributed by atoms with Crippen LogP contribution >= 0.6 is 0 Å². The lowest BCUT2D eigenvalue weighted by atomic mass is 10.1. The highest BCUT2D eigenvalue weighted by atomic mass is 16.2. The Morgan fingerprint density at radius 3 is 2.38 bits per heavy atom. The van der Waals surface area contributed by atoms with Crippen molar-refractivity contribution < 1.29 is 4.79 Å². The lowest BCUT2D eigenvalue weighted by molar-refractivity contribution is 0.0573. The van der Waals surface area contributed by atoms with Crippen molar-refractivity contribution in [3.63, 3.8) is 0 Å². The summed E-state index contributed by atoms with van der Waals surface area (Å²) in [5, 5.41) is 0. The molecular formula is C19H28N4O. The molecule has 5 heteroatoms. The van der Waals surface area contributed by atoms with Crippen LogP contribution in [0.3, 0.4) is 0 Å². The number of pyridine rings is 1. The fourth-order valence-electron chi connectivity index (χ4n) is 4.47. The molecule has 0 bridgehead atoms. The summed E-state index contributed by atoms with van der Waals surface area (Å²) in [4.78, 5) is 24.5. The molecule has 0 N–H and O–H groups in total. The van der Waals surface area contributed by atoms with Crippen molar-refractivity contribution in [1.29, 1.82) is 0 Å². The van der Waals surface area contributed by atoms with Crippen LogP contribution in [0.1, 0.15) is 48.9 Å². The number of aromatic nitrogens is 1. The lowest BCUT2D eigenvalue weighted by Crippen LogP contribution is -2.51. The van der Waals surface area contributed by atoms with E-state index in [-0.39, 0.29) is 5.91 Å². The summed E-state index contributed by atoms with van der Waals surface area (Å²) in [6.45, 7) is 5.79. The average Bonchev–Trinajstić information content (AvgIpc) is 3.35. The number of amides is 1. The van der Waals surface area contributed by atoms with E-state index in [0.717, 1.165) is 56.7 Å². The van der Waals surface area contributed by atoms with E-state index in [9.17, 15) is 4.79 Å². The Kier molecular flexibility index (Phi) is 4.69. The quantitative estimate of drug-likeness (QED) is 0.854. The maximum atomic E-state index is 13.0. The molecular weight excluding hydrogens is 300 g/mol. The second kappa shape index (κ2) is 7.09. The van der Waals surface area contributed by atoms with E-state index >= 15 is 0 Å². The molecule has 3 heterocycles. The van der Waals surface area contributed by atoms with E-state index in [1.165, 1.54) is 38.5 Å². The van der Waals surface area contributed by atoms with Gasteiger partial charge in [-0.25, -0.2) is 4.98 Å². The number of rotatable bonds is 3. The minimum Gasteiger partial charge on any atom is -0.356 e. The highest BCUT2D eigenvalue weighted by Crippen LogP contribution is 2.26. The first-order valence-electron chi connectivity index (χ1n) is 9.56. The fourth-order valence-corrected chi connectivity index (χ4v) is 4.47. The van der Waals surface area contributed by atoms with Crippen molar-refractivity contribution >= 4 is 11.7 Å². The summed E-state index contributed by atoms with van der Waals surface area (Å²) in [7, 11) is 0. The third-order valence-electron chi connectivity index (χ3n) is 5.87. The molecule has 1 saturated carbocycles. The zero-order chi connectivity index (χ0) is 16.4. The summed E-state index contributed by atoms with van der Waals surface area (Å²) in [6, 6.07) is 4.61. The van der Waals surface area contributed by atoms with Gasteiger partial charge in [0.25, 0.3) is 5.91 Å². The Hall–Kier alpha value is -1.62. The number of anilines is 1. The number of carbonyl (C=O) groups excluding carboxylic acids is 1.